The maximum Gasteiger partial charge on any atom is 0.0456 e. The van der Waals surface area contributed by atoms with E-state index in [9.17, 15) is 0 Å². The Balaban J connectivity index is 1.75. The van der Waals surface area contributed by atoms with Gasteiger partial charge in [-0.05, 0) is 79.1 Å². The van der Waals surface area contributed by atoms with E-state index >= 15 is 0 Å². The summed E-state index contributed by atoms with van der Waals surface area (Å²) in [7, 11) is 0. The lowest BCUT2D eigenvalue weighted by Gasteiger charge is -2.14. The molecule has 1 nitrogen and oxygen atoms in total. The second kappa shape index (κ2) is 5.49. The van der Waals surface area contributed by atoms with Crippen molar-refractivity contribution in [3.8, 4) is 11.1 Å². The van der Waals surface area contributed by atoms with Crippen molar-refractivity contribution >= 4 is 16.5 Å². The molecule has 4 rings (SSSR count). The van der Waals surface area contributed by atoms with Gasteiger partial charge in [0.15, 0.2) is 0 Å². The van der Waals surface area contributed by atoms with Crippen LogP contribution in [0.2, 0.25) is 0 Å². The summed E-state index contributed by atoms with van der Waals surface area (Å²) in [4.78, 5) is 3.39. The van der Waals surface area contributed by atoms with Crippen molar-refractivity contribution < 1.29 is 0 Å². The molecule has 0 radical (unpaired) electrons. The Morgan fingerprint density at radius 2 is 1.73 bits per heavy atom. The number of H-pyrrole nitrogens is 1. The zero-order valence-corrected chi connectivity index (χ0v) is 13.0. The molecule has 0 saturated heterocycles. The predicted molar refractivity (Wildman–Crippen MR) is 94.9 cm³/mol. The van der Waals surface area contributed by atoms with Crippen LogP contribution in [0.5, 0.6) is 0 Å². The van der Waals surface area contributed by atoms with Crippen molar-refractivity contribution in [1.82, 2.24) is 4.98 Å². The zero-order valence-electron chi connectivity index (χ0n) is 13.0. The first kappa shape index (κ1) is 13.4. The van der Waals surface area contributed by atoms with Gasteiger partial charge in [0.25, 0.3) is 0 Å². The van der Waals surface area contributed by atoms with E-state index < -0.39 is 0 Å². The number of hydrogen-bond acceptors (Lipinski definition) is 0. The molecule has 1 heterocycles. The molecule has 22 heavy (non-hydrogen) atoms. The fourth-order valence-corrected chi connectivity index (χ4v) is 3.46. The van der Waals surface area contributed by atoms with Crippen molar-refractivity contribution in [2.75, 3.05) is 0 Å². The molecule has 0 spiro atoms. The summed E-state index contributed by atoms with van der Waals surface area (Å²) in [6.45, 7) is 2.11. The highest BCUT2D eigenvalue weighted by Crippen LogP contribution is 2.31. The van der Waals surface area contributed by atoms with Crippen LogP contribution in [0.1, 0.15) is 36.9 Å². The number of nitrogens with one attached hydrogen (secondary N) is 1. The van der Waals surface area contributed by atoms with Crippen LogP contribution in [0.25, 0.3) is 27.6 Å². The van der Waals surface area contributed by atoms with E-state index in [1.165, 1.54) is 64.5 Å². The second-order valence-electron chi connectivity index (χ2n) is 6.31. The molecular formula is C21H21N. The molecule has 0 amide bonds. The van der Waals surface area contributed by atoms with Gasteiger partial charge in [-0.3, -0.25) is 0 Å². The minimum atomic E-state index is 1.22. The first-order valence-corrected chi connectivity index (χ1v) is 8.19. The highest BCUT2D eigenvalue weighted by atomic mass is 14.7. The SMILES string of the molecule is Cc1cc2cc(-c3cccc(C4=CCCCC4)c3)ccc2[nH]1. The van der Waals surface area contributed by atoms with Crippen molar-refractivity contribution in [3.63, 3.8) is 0 Å². The topological polar surface area (TPSA) is 15.8 Å². The minimum Gasteiger partial charge on any atom is -0.359 e. The number of aromatic amines is 1. The van der Waals surface area contributed by atoms with Crippen LogP contribution in [0, 0.1) is 6.92 Å². The molecule has 1 N–H and O–H groups in total. The van der Waals surface area contributed by atoms with E-state index in [1.54, 1.807) is 0 Å². The Kier molecular flexibility index (Phi) is 3.34. The van der Waals surface area contributed by atoms with Gasteiger partial charge in [-0.25, -0.2) is 0 Å². The molecule has 3 aromatic rings. The molecule has 110 valence electrons. The average molecular weight is 287 g/mol. The molecule has 0 atom stereocenters. The first-order chi connectivity index (χ1) is 10.8. The van der Waals surface area contributed by atoms with E-state index in [2.05, 4.69) is 66.5 Å². The quantitative estimate of drug-likeness (QED) is 0.586. The van der Waals surface area contributed by atoms with E-state index in [0.717, 1.165) is 0 Å². The molecule has 1 aliphatic carbocycles. The Bertz CT molecular complexity index is 851. The third kappa shape index (κ3) is 2.48. The molecule has 1 aromatic heterocycles. The second-order valence-corrected chi connectivity index (χ2v) is 6.31. The number of allylic oxidation sites excluding steroid dienone is 2. The van der Waals surface area contributed by atoms with Gasteiger partial charge in [0, 0.05) is 16.6 Å². The van der Waals surface area contributed by atoms with Gasteiger partial charge in [0.05, 0.1) is 0 Å². The number of fused-ring (bicyclic) bond motifs is 1. The van der Waals surface area contributed by atoms with Crippen LogP contribution in [-0.2, 0) is 0 Å². The van der Waals surface area contributed by atoms with E-state index in [1.807, 2.05) is 0 Å². The Morgan fingerprint density at radius 1 is 0.864 bits per heavy atom. The molecule has 1 aliphatic rings. The molecular weight excluding hydrogens is 266 g/mol. The fourth-order valence-electron chi connectivity index (χ4n) is 3.46. The van der Waals surface area contributed by atoms with E-state index in [-0.39, 0.29) is 0 Å². The molecule has 0 unspecified atom stereocenters. The Hall–Kier alpha value is -2.28. The van der Waals surface area contributed by atoms with E-state index in [4.69, 9.17) is 0 Å². The van der Waals surface area contributed by atoms with Crippen molar-refractivity contribution in [2.45, 2.75) is 32.6 Å². The summed E-state index contributed by atoms with van der Waals surface area (Å²) < 4.78 is 0. The molecule has 2 aromatic carbocycles. The summed E-state index contributed by atoms with van der Waals surface area (Å²) in [5, 5.41) is 1.29. The van der Waals surface area contributed by atoms with Crippen molar-refractivity contribution in [3.05, 3.63) is 65.9 Å². The van der Waals surface area contributed by atoms with Crippen LogP contribution in [0.15, 0.2) is 54.6 Å². The number of aromatic nitrogens is 1. The summed E-state index contributed by atoms with van der Waals surface area (Å²) >= 11 is 0. The number of hydrogen-bond donors (Lipinski definition) is 1. The minimum absolute atomic E-state index is 1.22. The van der Waals surface area contributed by atoms with Gasteiger partial charge in [-0.15, -0.1) is 0 Å². The van der Waals surface area contributed by atoms with Gasteiger partial charge in [0.1, 0.15) is 0 Å². The van der Waals surface area contributed by atoms with Gasteiger partial charge in [-0.1, -0.05) is 30.3 Å². The summed E-state index contributed by atoms with van der Waals surface area (Å²) in [5.74, 6) is 0. The number of aryl methyl sites for hydroxylation is 1. The molecule has 0 fully saturated rings. The third-order valence-corrected chi connectivity index (χ3v) is 4.61. The maximum atomic E-state index is 3.39. The lowest BCUT2D eigenvalue weighted by Crippen LogP contribution is -1.92. The standard InChI is InChI=1S/C21H21N/c1-15-12-20-14-19(10-11-21(20)22-15)18-9-5-8-17(13-18)16-6-3-2-4-7-16/h5-6,8-14,22H,2-4,7H2,1H3. The van der Waals surface area contributed by atoms with Crippen LogP contribution >= 0.6 is 0 Å². The van der Waals surface area contributed by atoms with Crippen LogP contribution in [0.3, 0.4) is 0 Å². The van der Waals surface area contributed by atoms with Crippen LogP contribution < -0.4 is 0 Å². The Labute approximate surface area is 131 Å². The fraction of sp³-hybridized carbons (Fsp3) is 0.238. The van der Waals surface area contributed by atoms with Gasteiger partial charge >= 0.3 is 0 Å². The smallest absolute Gasteiger partial charge is 0.0456 e. The van der Waals surface area contributed by atoms with Crippen molar-refractivity contribution in [1.29, 1.82) is 0 Å². The van der Waals surface area contributed by atoms with Gasteiger partial charge < -0.3 is 4.98 Å². The monoisotopic (exact) mass is 287 g/mol. The summed E-state index contributed by atoms with van der Waals surface area (Å²) in [6.07, 6.45) is 7.53. The predicted octanol–water partition coefficient (Wildman–Crippen LogP) is 6.10. The largest absolute Gasteiger partial charge is 0.359 e. The first-order valence-electron chi connectivity index (χ1n) is 8.19. The Morgan fingerprint density at radius 3 is 2.59 bits per heavy atom. The molecule has 0 saturated carbocycles. The highest BCUT2D eigenvalue weighted by molar-refractivity contribution is 5.86. The summed E-state index contributed by atoms with van der Waals surface area (Å²) in [5.41, 5.74) is 7.95. The number of benzene rings is 2. The maximum absolute atomic E-state index is 3.39. The van der Waals surface area contributed by atoms with Crippen LogP contribution in [-0.4, -0.2) is 4.98 Å². The molecule has 0 aliphatic heterocycles. The third-order valence-electron chi connectivity index (χ3n) is 4.61. The van der Waals surface area contributed by atoms with Crippen LogP contribution in [0.4, 0.5) is 0 Å². The molecule has 0 bridgehead atoms. The lowest BCUT2D eigenvalue weighted by molar-refractivity contribution is 0.742. The highest BCUT2D eigenvalue weighted by Gasteiger charge is 2.08. The lowest BCUT2D eigenvalue weighted by atomic mass is 9.91. The van der Waals surface area contributed by atoms with E-state index in [0.29, 0.717) is 0 Å². The van der Waals surface area contributed by atoms with Gasteiger partial charge in [-0.2, -0.15) is 0 Å². The average Bonchev–Trinajstić information content (AvgIpc) is 2.95. The number of rotatable bonds is 2. The van der Waals surface area contributed by atoms with Gasteiger partial charge in [0.2, 0.25) is 0 Å². The van der Waals surface area contributed by atoms with Crippen molar-refractivity contribution in [2.24, 2.45) is 0 Å². The summed E-state index contributed by atoms with van der Waals surface area (Å²) in [6, 6.07) is 17.9. The zero-order chi connectivity index (χ0) is 14.9. The normalized spacial score (nSPS) is 15.0. The molecule has 1 heteroatoms.